The summed E-state index contributed by atoms with van der Waals surface area (Å²) in [6.07, 6.45) is 1.10. The first-order valence-corrected chi connectivity index (χ1v) is 8.54. The molecule has 0 aliphatic rings. The first-order chi connectivity index (χ1) is 11.0. The molecule has 24 heavy (non-hydrogen) atoms. The van der Waals surface area contributed by atoms with Crippen LogP contribution in [0.3, 0.4) is 0 Å². The van der Waals surface area contributed by atoms with Gasteiger partial charge in [0, 0.05) is 38.0 Å². The Hall–Kier alpha value is -0.830. The van der Waals surface area contributed by atoms with Gasteiger partial charge in [-0.25, -0.2) is 4.99 Å². The van der Waals surface area contributed by atoms with Crippen LogP contribution in [0.25, 0.3) is 0 Å². The summed E-state index contributed by atoms with van der Waals surface area (Å²) in [6.45, 7) is 14.3. The van der Waals surface area contributed by atoms with Crippen LogP contribution in [-0.2, 0) is 18.3 Å². The second kappa shape index (κ2) is 12.5. The quantitative estimate of drug-likeness (QED) is 0.262. The van der Waals surface area contributed by atoms with Gasteiger partial charge in [0.15, 0.2) is 5.96 Å². The summed E-state index contributed by atoms with van der Waals surface area (Å²) in [4.78, 5) is 4.65. The van der Waals surface area contributed by atoms with Gasteiger partial charge in [0.05, 0.1) is 18.8 Å². The highest BCUT2D eigenvalue weighted by Gasteiger charge is 2.08. The second-order valence-electron chi connectivity index (χ2n) is 6.19. The number of ether oxygens (including phenoxy) is 1. The normalized spacial score (nSPS) is 11.5. The van der Waals surface area contributed by atoms with Crippen LogP contribution in [0.5, 0.6) is 0 Å². The largest absolute Gasteiger partial charge is 0.380 e. The lowest BCUT2D eigenvalue weighted by molar-refractivity contribution is 0.128. The number of hydrogen-bond donors (Lipinski definition) is 2. The molecule has 0 aliphatic carbocycles. The molecule has 0 spiro atoms. The molecule has 1 aromatic rings. The van der Waals surface area contributed by atoms with Crippen LogP contribution in [0.1, 0.15) is 44.1 Å². The van der Waals surface area contributed by atoms with E-state index >= 15 is 0 Å². The van der Waals surface area contributed by atoms with Crippen LogP contribution in [0.15, 0.2) is 4.99 Å². The number of hydrogen-bond acceptors (Lipinski definition) is 3. The minimum atomic E-state index is 0. The van der Waals surface area contributed by atoms with Gasteiger partial charge in [-0.15, -0.1) is 24.0 Å². The Morgan fingerprint density at radius 3 is 2.50 bits per heavy atom. The molecule has 0 atom stereocenters. The lowest BCUT2D eigenvalue weighted by Gasteiger charge is -2.12. The van der Waals surface area contributed by atoms with E-state index in [1.165, 1.54) is 11.3 Å². The third-order valence-corrected chi connectivity index (χ3v) is 3.78. The fourth-order valence-corrected chi connectivity index (χ4v) is 2.21. The monoisotopic (exact) mass is 451 g/mol. The highest BCUT2D eigenvalue weighted by molar-refractivity contribution is 14.0. The number of guanidine groups is 1. The van der Waals surface area contributed by atoms with Crippen LogP contribution in [0.4, 0.5) is 0 Å². The van der Waals surface area contributed by atoms with E-state index in [-0.39, 0.29) is 24.0 Å². The molecule has 0 amide bonds. The van der Waals surface area contributed by atoms with E-state index in [0.29, 0.717) is 19.1 Å². The molecule has 0 saturated carbocycles. The van der Waals surface area contributed by atoms with Gasteiger partial charge in [0.25, 0.3) is 0 Å². The highest BCUT2D eigenvalue weighted by atomic mass is 127. The summed E-state index contributed by atoms with van der Waals surface area (Å²) in [7, 11) is 1.97. The number of aryl methyl sites for hydroxylation is 2. The van der Waals surface area contributed by atoms with Crippen molar-refractivity contribution in [3.63, 3.8) is 0 Å². The lowest BCUT2D eigenvalue weighted by Crippen LogP contribution is -2.39. The van der Waals surface area contributed by atoms with E-state index < -0.39 is 0 Å². The molecule has 0 bridgehead atoms. The molecule has 1 rings (SSSR count). The van der Waals surface area contributed by atoms with Crippen molar-refractivity contribution in [3.8, 4) is 0 Å². The molecule has 0 aliphatic heterocycles. The summed E-state index contributed by atoms with van der Waals surface area (Å²) in [5.74, 6) is 1.51. The van der Waals surface area contributed by atoms with Gasteiger partial charge < -0.3 is 15.4 Å². The molecular weight excluding hydrogens is 417 g/mol. The Labute approximate surface area is 163 Å². The molecule has 140 valence electrons. The lowest BCUT2D eigenvalue weighted by atomic mass is 10.1. The van der Waals surface area contributed by atoms with Crippen molar-refractivity contribution in [1.82, 2.24) is 20.4 Å². The topological polar surface area (TPSA) is 63.5 Å². The minimum absolute atomic E-state index is 0. The van der Waals surface area contributed by atoms with E-state index in [0.717, 1.165) is 37.8 Å². The van der Waals surface area contributed by atoms with E-state index in [1.807, 2.05) is 18.7 Å². The van der Waals surface area contributed by atoms with Gasteiger partial charge in [0.2, 0.25) is 0 Å². The predicted octanol–water partition coefficient (Wildman–Crippen LogP) is 2.77. The van der Waals surface area contributed by atoms with Gasteiger partial charge in [0.1, 0.15) is 0 Å². The van der Waals surface area contributed by atoms with Crippen molar-refractivity contribution in [3.05, 3.63) is 17.0 Å². The number of aliphatic imine (C=N–C) groups is 1. The van der Waals surface area contributed by atoms with Gasteiger partial charge in [-0.05, 0) is 33.1 Å². The molecule has 0 aromatic carbocycles. The third-order valence-electron chi connectivity index (χ3n) is 3.78. The molecular formula is C17H34IN5O. The summed E-state index contributed by atoms with van der Waals surface area (Å²) >= 11 is 0. The summed E-state index contributed by atoms with van der Waals surface area (Å²) in [5.41, 5.74) is 3.40. The number of aromatic nitrogens is 2. The minimum Gasteiger partial charge on any atom is -0.380 e. The van der Waals surface area contributed by atoms with Gasteiger partial charge in [-0.2, -0.15) is 5.10 Å². The van der Waals surface area contributed by atoms with Crippen molar-refractivity contribution in [2.75, 3.05) is 26.3 Å². The van der Waals surface area contributed by atoms with Crippen LogP contribution in [0, 0.1) is 19.8 Å². The third kappa shape index (κ3) is 8.32. The molecule has 0 fully saturated rings. The van der Waals surface area contributed by atoms with Gasteiger partial charge >= 0.3 is 0 Å². The molecule has 0 saturated heterocycles. The summed E-state index contributed by atoms with van der Waals surface area (Å²) in [6, 6.07) is 0. The molecule has 1 heterocycles. The van der Waals surface area contributed by atoms with E-state index in [9.17, 15) is 0 Å². The average Bonchev–Trinajstić information content (AvgIpc) is 2.73. The number of nitrogens with zero attached hydrogens (tertiary/aromatic N) is 3. The van der Waals surface area contributed by atoms with Gasteiger partial charge in [-0.3, -0.25) is 4.68 Å². The Kier molecular flexibility index (Phi) is 12.1. The van der Waals surface area contributed by atoms with Crippen molar-refractivity contribution in [1.29, 1.82) is 0 Å². The highest BCUT2D eigenvalue weighted by Crippen LogP contribution is 2.12. The Bertz CT molecular complexity index is 499. The van der Waals surface area contributed by atoms with Crippen molar-refractivity contribution < 1.29 is 4.74 Å². The maximum absolute atomic E-state index is 5.62. The molecule has 2 N–H and O–H groups in total. The van der Waals surface area contributed by atoms with Crippen molar-refractivity contribution in [2.45, 2.75) is 47.6 Å². The van der Waals surface area contributed by atoms with Crippen LogP contribution < -0.4 is 10.6 Å². The molecule has 0 unspecified atom stereocenters. The fourth-order valence-electron chi connectivity index (χ4n) is 2.21. The first kappa shape index (κ1) is 23.2. The Morgan fingerprint density at radius 2 is 1.96 bits per heavy atom. The zero-order valence-corrected chi connectivity index (χ0v) is 18.3. The average molecular weight is 451 g/mol. The molecule has 7 heteroatoms. The zero-order chi connectivity index (χ0) is 17.2. The second-order valence-corrected chi connectivity index (χ2v) is 6.19. The van der Waals surface area contributed by atoms with E-state index in [2.05, 4.69) is 48.4 Å². The SMILES string of the molecule is CCNC(=NCc1c(C)nn(C)c1C)NCCOCCC(C)C.I. The number of halogens is 1. The zero-order valence-electron chi connectivity index (χ0n) is 16.0. The molecule has 0 radical (unpaired) electrons. The van der Waals surface area contributed by atoms with E-state index in [1.54, 1.807) is 0 Å². The maximum atomic E-state index is 5.62. The van der Waals surface area contributed by atoms with Gasteiger partial charge in [-0.1, -0.05) is 13.8 Å². The smallest absolute Gasteiger partial charge is 0.191 e. The molecule has 6 nitrogen and oxygen atoms in total. The first-order valence-electron chi connectivity index (χ1n) is 8.54. The number of nitrogens with one attached hydrogen (secondary N) is 2. The standard InChI is InChI=1S/C17H33N5O.HI/c1-7-18-17(19-9-11-23-10-8-13(2)3)20-12-16-14(4)21-22(6)15(16)5;/h13H,7-12H2,1-6H3,(H2,18,19,20);1H. The number of rotatable bonds is 9. The van der Waals surface area contributed by atoms with Crippen LogP contribution in [0.2, 0.25) is 0 Å². The van der Waals surface area contributed by atoms with E-state index in [4.69, 9.17) is 4.74 Å². The Balaban J connectivity index is 0.00000529. The molecule has 1 aromatic heterocycles. The Morgan fingerprint density at radius 1 is 1.25 bits per heavy atom. The maximum Gasteiger partial charge on any atom is 0.191 e. The fraction of sp³-hybridized carbons (Fsp3) is 0.765. The van der Waals surface area contributed by atoms with Crippen molar-refractivity contribution in [2.24, 2.45) is 18.0 Å². The van der Waals surface area contributed by atoms with Crippen molar-refractivity contribution >= 4 is 29.9 Å². The van der Waals surface area contributed by atoms with Crippen LogP contribution >= 0.6 is 24.0 Å². The summed E-state index contributed by atoms with van der Waals surface area (Å²) < 4.78 is 7.52. The predicted molar refractivity (Wildman–Crippen MR) is 111 cm³/mol. The van der Waals surface area contributed by atoms with Crippen LogP contribution in [-0.4, -0.2) is 42.0 Å². The summed E-state index contributed by atoms with van der Waals surface area (Å²) in [5, 5.41) is 11.0.